The fraction of sp³-hybridized carbons (Fsp3) is 0.419. The number of nitrogens with zero attached hydrogens (tertiary/aromatic N) is 2. The normalized spacial score (nSPS) is 14.5. The van der Waals surface area contributed by atoms with Gasteiger partial charge in [0.25, 0.3) is 5.91 Å². The van der Waals surface area contributed by atoms with Gasteiger partial charge in [-0.2, -0.15) is 9.97 Å². The minimum absolute atomic E-state index is 0.0731. The number of alkyl carbamates (subject to hydrolysis) is 1. The maximum absolute atomic E-state index is 13.3. The molecule has 6 bridgehead atoms. The molecule has 1 atom stereocenters. The molecule has 0 aliphatic carbocycles. The fourth-order valence-electron chi connectivity index (χ4n) is 4.32. The zero-order chi connectivity index (χ0) is 33.1. The Labute approximate surface area is 265 Å². The van der Waals surface area contributed by atoms with Crippen molar-refractivity contribution < 1.29 is 33.7 Å². The lowest BCUT2D eigenvalue weighted by Gasteiger charge is -2.21. The number of rotatable bonds is 5. The SMILES string of the molecule is CC(C)(C)OC(=O)NC[C@@H](NC(=O)c1ccc2cc1OCCCCCCOc1ccc(cc1)CNc1nc([nH]c(=O)n1)N2)C(=O)O. The highest BCUT2D eigenvalue weighted by atomic mass is 16.6. The third kappa shape index (κ3) is 10.7. The van der Waals surface area contributed by atoms with Gasteiger partial charge >= 0.3 is 17.8 Å². The average Bonchev–Trinajstić information content (AvgIpc) is 2.98. The summed E-state index contributed by atoms with van der Waals surface area (Å²) in [7, 11) is 0. The molecule has 2 aliphatic heterocycles. The van der Waals surface area contributed by atoms with E-state index in [1.54, 1.807) is 32.9 Å². The Bertz CT molecular complexity index is 1570. The molecule has 0 fully saturated rings. The van der Waals surface area contributed by atoms with E-state index in [9.17, 15) is 24.3 Å². The number of benzene rings is 2. The highest BCUT2D eigenvalue weighted by molar-refractivity contribution is 5.99. The van der Waals surface area contributed by atoms with Crippen LogP contribution in [0.25, 0.3) is 0 Å². The fourth-order valence-corrected chi connectivity index (χ4v) is 4.32. The number of aromatic nitrogens is 3. The van der Waals surface area contributed by atoms with E-state index in [4.69, 9.17) is 14.2 Å². The second kappa shape index (κ2) is 15.6. The first-order valence-corrected chi connectivity index (χ1v) is 14.9. The van der Waals surface area contributed by atoms with Gasteiger partial charge in [-0.1, -0.05) is 12.1 Å². The number of nitrogens with one attached hydrogen (secondary N) is 5. The largest absolute Gasteiger partial charge is 0.494 e. The van der Waals surface area contributed by atoms with E-state index in [2.05, 4.69) is 36.2 Å². The van der Waals surface area contributed by atoms with Crippen LogP contribution in [0, 0.1) is 0 Å². The Morgan fingerprint density at radius 3 is 2.41 bits per heavy atom. The van der Waals surface area contributed by atoms with Crippen LogP contribution in [0.5, 0.6) is 11.5 Å². The molecule has 3 heterocycles. The minimum atomic E-state index is -1.45. The summed E-state index contributed by atoms with van der Waals surface area (Å²) in [6.45, 7) is 5.84. The summed E-state index contributed by atoms with van der Waals surface area (Å²) in [5.74, 6) is -0.941. The smallest absolute Gasteiger partial charge is 0.407 e. The Hall–Kier alpha value is -5.34. The number of H-pyrrole nitrogens is 1. The van der Waals surface area contributed by atoms with Crippen LogP contribution in [0.15, 0.2) is 47.3 Å². The number of carbonyl (C=O) groups is 3. The van der Waals surface area contributed by atoms with Crippen LogP contribution < -0.4 is 36.4 Å². The van der Waals surface area contributed by atoms with Crippen LogP contribution in [-0.4, -0.2) is 69.4 Å². The topological polar surface area (TPSA) is 206 Å². The van der Waals surface area contributed by atoms with Gasteiger partial charge in [0.15, 0.2) is 0 Å². The summed E-state index contributed by atoms with van der Waals surface area (Å²) in [6, 6.07) is 10.7. The first-order valence-electron chi connectivity index (χ1n) is 14.9. The van der Waals surface area contributed by atoms with E-state index in [1.807, 2.05) is 24.3 Å². The number of anilines is 3. The zero-order valence-electron chi connectivity index (χ0n) is 26.0. The van der Waals surface area contributed by atoms with Crippen LogP contribution in [0.2, 0.25) is 0 Å². The molecule has 1 aromatic heterocycles. The molecule has 0 saturated carbocycles. The molecular weight excluding hydrogens is 598 g/mol. The van der Waals surface area contributed by atoms with Gasteiger partial charge in [-0.05, 0) is 76.3 Å². The first kappa shape index (κ1) is 33.6. The van der Waals surface area contributed by atoms with Crippen molar-refractivity contribution in [1.82, 2.24) is 25.6 Å². The molecule has 0 radical (unpaired) electrons. The molecule has 2 aliphatic rings. The van der Waals surface area contributed by atoms with Gasteiger partial charge in [-0.15, -0.1) is 0 Å². The molecule has 15 heteroatoms. The Morgan fingerprint density at radius 2 is 1.72 bits per heavy atom. The number of aliphatic carboxylic acids is 1. The van der Waals surface area contributed by atoms with Gasteiger partial charge in [0.1, 0.15) is 23.1 Å². The van der Waals surface area contributed by atoms with Crippen molar-refractivity contribution in [1.29, 1.82) is 0 Å². The number of amides is 2. The Balaban J connectivity index is 1.53. The molecule has 5 rings (SSSR count). The van der Waals surface area contributed by atoms with E-state index in [1.165, 1.54) is 6.07 Å². The zero-order valence-corrected chi connectivity index (χ0v) is 26.0. The van der Waals surface area contributed by atoms with Gasteiger partial charge in [-0.25, -0.2) is 14.4 Å². The number of aromatic amines is 1. The van der Waals surface area contributed by atoms with Crippen molar-refractivity contribution in [3.63, 3.8) is 0 Å². The molecule has 246 valence electrons. The standard InChI is InChI=1S/C31H39N7O8/c1-31(2,3)46-30(43)33-18-23(26(40)41)35-25(39)22-13-10-20-16-24(22)45-15-7-5-4-6-14-44-21-11-8-19(9-12-21)17-32-27-36-28(34-20)38-29(42)37-27/h8-13,16,23H,4-7,14-15,17-18H2,1-3H3,(H,33,43)(H,35,39)(H,40,41)(H3,32,34,36,37,38,42)/t23-/m1/s1. The maximum atomic E-state index is 13.3. The van der Waals surface area contributed by atoms with Crippen LogP contribution >= 0.6 is 0 Å². The third-order valence-corrected chi connectivity index (χ3v) is 6.53. The van der Waals surface area contributed by atoms with Gasteiger partial charge < -0.3 is 40.6 Å². The number of fused-ring (bicyclic) bond motifs is 10. The predicted molar refractivity (Wildman–Crippen MR) is 169 cm³/mol. The van der Waals surface area contributed by atoms with E-state index >= 15 is 0 Å². The molecule has 3 aromatic rings. The van der Waals surface area contributed by atoms with Gasteiger partial charge in [-0.3, -0.25) is 9.78 Å². The summed E-state index contributed by atoms with van der Waals surface area (Å²) < 4.78 is 17.0. The minimum Gasteiger partial charge on any atom is -0.494 e. The van der Waals surface area contributed by atoms with E-state index in [0.717, 1.165) is 30.6 Å². The lowest BCUT2D eigenvalue weighted by atomic mass is 10.1. The van der Waals surface area contributed by atoms with Crippen molar-refractivity contribution in [2.75, 3.05) is 30.4 Å². The molecule has 2 amide bonds. The summed E-state index contributed by atoms with van der Waals surface area (Å²) in [5, 5.41) is 20.5. The Morgan fingerprint density at radius 1 is 1.00 bits per heavy atom. The molecule has 2 aromatic carbocycles. The van der Waals surface area contributed by atoms with Crippen molar-refractivity contribution >= 4 is 35.6 Å². The lowest BCUT2D eigenvalue weighted by Crippen LogP contribution is -2.49. The van der Waals surface area contributed by atoms with Crippen LogP contribution in [0.1, 0.15) is 62.4 Å². The van der Waals surface area contributed by atoms with Crippen molar-refractivity contribution in [3.8, 4) is 11.5 Å². The van der Waals surface area contributed by atoms with E-state index in [-0.39, 0.29) is 29.8 Å². The summed E-state index contributed by atoms with van der Waals surface area (Å²) in [4.78, 5) is 60.2. The van der Waals surface area contributed by atoms with Gasteiger partial charge in [0.2, 0.25) is 11.9 Å². The summed E-state index contributed by atoms with van der Waals surface area (Å²) >= 11 is 0. The van der Waals surface area contributed by atoms with Crippen molar-refractivity contribution in [2.24, 2.45) is 0 Å². The van der Waals surface area contributed by atoms with Gasteiger partial charge in [0, 0.05) is 18.3 Å². The highest BCUT2D eigenvalue weighted by Crippen LogP contribution is 2.26. The number of hydrogen-bond donors (Lipinski definition) is 6. The summed E-state index contributed by atoms with van der Waals surface area (Å²) in [5.41, 5.74) is 0.0436. The monoisotopic (exact) mass is 637 g/mol. The first-order chi connectivity index (χ1) is 21.9. The average molecular weight is 638 g/mol. The van der Waals surface area contributed by atoms with Crippen molar-refractivity contribution in [3.05, 3.63) is 64.1 Å². The van der Waals surface area contributed by atoms with E-state index < -0.39 is 41.8 Å². The van der Waals surface area contributed by atoms with Crippen LogP contribution in [-0.2, 0) is 16.1 Å². The molecular formula is C31H39N7O8. The molecule has 0 unspecified atom stereocenters. The molecule has 0 saturated heterocycles. The number of carboxylic acids is 1. The molecule has 46 heavy (non-hydrogen) atoms. The number of ether oxygens (including phenoxy) is 3. The maximum Gasteiger partial charge on any atom is 0.407 e. The highest BCUT2D eigenvalue weighted by Gasteiger charge is 2.25. The Kier molecular flexibility index (Phi) is 11.4. The van der Waals surface area contributed by atoms with Crippen molar-refractivity contribution in [2.45, 2.75) is 64.6 Å². The number of carboxylic acid groups (broad SMARTS) is 1. The molecule has 6 N–H and O–H groups in total. The van der Waals surface area contributed by atoms with Gasteiger partial charge in [0.05, 0.1) is 25.3 Å². The van der Waals surface area contributed by atoms with E-state index in [0.29, 0.717) is 25.3 Å². The van der Waals surface area contributed by atoms with Crippen LogP contribution in [0.4, 0.5) is 22.4 Å². The predicted octanol–water partition coefficient (Wildman–Crippen LogP) is 3.56. The quantitative estimate of drug-likeness (QED) is 0.238. The molecule has 15 nitrogen and oxygen atoms in total. The summed E-state index contributed by atoms with van der Waals surface area (Å²) in [6.07, 6.45) is 2.50. The second-order valence-corrected chi connectivity index (χ2v) is 11.5. The number of hydrogen-bond acceptors (Lipinski definition) is 11. The van der Waals surface area contributed by atoms with Crippen LogP contribution in [0.3, 0.4) is 0 Å². The second-order valence-electron chi connectivity index (χ2n) is 11.5. The lowest BCUT2D eigenvalue weighted by molar-refractivity contribution is -0.139. The molecule has 0 spiro atoms. The third-order valence-electron chi connectivity index (χ3n) is 6.53. The number of carbonyl (C=O) groups excluding carboxylic acids is 2.